The van der Waals surface area contributed by atoms with Crippen LogP contribution in [-0.4, -0.2) is 30.9 Å². The maximum Gasteiger partial charge on any atom is 0.412 e. The van der Waals surface area contributed by atoms with E-state index in [1.807, 2.05) is 0 Å². The molecular formula is C20H29FN2O4Si. The Morgan fingerprint density at radius 2 is 1.93 bits per heavy atom. The second kappa shape index (κ2) is 8.44. The molecule has 1 aromatic heterocycles. The van der Waals surface area contributed by atoms with Gasteiger partial charge in [0.05, 0.1) is 11.1 Å². The first-order valence-electron chi connectivity index (χ1n) is 9.26. The molecule has 0 radical (unpaired) electrons. The molecule has 0 spiro atoms. The second-order valence-corrected chi connectivity index (χ2v) is 14.6. The number of hydrogen-bond acceptors (Lipinski definition) is 4. The number of amides is 1. The number of anilines is 1. The van der Waals surface area contributed by atoms with Crippen molar-refractivity contribution in [3.63, 3.8) is 0 Å². The monoisotopic (exact) mass is 408 g/mol. The Labute approximate surface area is 165 Å². The third kappa shape index (κ3) is 6.45. The van der Waals surface area contributed by atoms with Crippen LogP contribution in [0, 0.1) is 5.82 Å². The van der Waals surface area contributed by atoms with Gasteiger partial charge in [0, 0.05) is 20.9 Å². The third-order valence-electron chi connectivity index (χ3n) is 3.93. The van der Waals surface area contributed by atoms with Gasteiger partial charge in [0.1, 0.15) is 18.1 Å². The predicted octanol–water partition coefficient (Wildman–Crippen LogP) is 4.80. The highest BCUT2D eigenvalue weighted by molar-refractivity contribution is 6.76. The first kappa shape index (κ1) is 22.1. The van der Waals surface area contributed by atoms with Crippen molar-refractivity contribution < 1.29 is 18.7 Å². The minimum absolute atomic E-state index is 0.0368. The summed E-state index contributed by atoms with van der Waals surface area (Å²) in [6, 6.07) is 5.25. The Kier molecular flexibility index (Phi) is 6.66. The SMILES string of the molecule is CC(C)(C)OC(=O)Nc1cc2ccn(COCC[Si](C)(C)C)c(=O)c2cc1F. The molecule has 0 atom stereocenters. The largest absolute Gasteiger partial charge is 0.444 e. The van der Waals surface area contributed by atoms with Gasteiger partial charge < -0.3 is 9.47 Å². The van der Waals surface area contributed by atoms with E-state index >= 15 is 0 Å². The molecule has 0 aliphatic heterocycles. The first-order valence-corrected chi connectivity index (χ1v) is 13.0. The number of nitrogens with one attached hydrogen (secondary N) is 1. The van der Waals surface area contributed by atoms with Crippen molar-refractivity contribution in [1.82, 2.24) is 4.57 Å². The Bertz CT molecular complexity index is 913. The van der Waals surface area contributed by atoms with Gasteiger partial charge in [-0.25, -0.2) is 9.18 Å². The predicted molar refractivity (Wildman–Crippen MR) is 112 cm³/mol. The van der Waals surface area contributed by atoms with Crippen LogP contribution in [0.5, 0.6) is 0 Å². The number of fused-ring (bicyclic) bond motifs is 1. The molecule has 2 rings (SSSR count). The summed E-state index contributed by atoms with van der Waals surface area (Å²) in [6.07, 6.45) is 0.851. The number of nitrogens with zero attached hydrogens (tertiary/aromatic N) is 1. The summed E-state index contributed by atoms with van der Waals surface area (Å²) in [7, 11) is -1.20. The quantitative estimate of drug-likeness (QED) is 0.551. The molecule has 0 unspecified atom stereocenters. The molecule has 0 saturated heterocycles. The zero-order valence-corrected chi connectivity index (χ0v) is 18.4. The third-order valence-corrected chi connectivity index (χ3v) is 5.63. The molecule has 1 N–H and O–H groups in total. The number of carbonyl (C=O) groups excluding carboxylic acids is 1. The Balaban J connectivity index is 2.17. The lowest BCUT2D eigenvalue weighted by atomic mass is 10.1. The van der Waals surface area contributed by atoms with Crippen molar-refractivity contribution in [2.45, 2.75) is 58.8 Å². The fraction of sp³-hybridized carbons (Fsp3) is 0.500. The van der Waals surface area contributed by atoms with Gasteiger partial charge in [-0.15, -0.1) is 0 Å². The number of halogens is 1. The summed E-state index contributed by atoms with van der Waals surface area (Å²) in [5.74, 6) is -0.701. The van der Waals surface area contributed by atoms with E-state index in [2.05, 4.69) is 25.0 Å². The molecule has 154 valence electrons. The molecule has 0 bridgehead atoms. The van der Waals surface area contributed by atoms with Gasteiger partial charge in [0.2, 0.25) is 0 Å². The van der Waals surface area contributed by atoms with Gasteiger partial charge in [-0.1, -0.05) is 19.6 Å². The summed E-state index contributed by atoms with van der Waals surface area (Å²) >= 11 is 0. The van der Waals surface area contributed by atoms with Crippen molar-refractivity contribution in [3.05, 3.63) is 40.6 Å². The maximum atomic E-state index is 14.4. The Hall–Kier alpha value is -2.19. The number of aromatic nitrogens is 1. The summed E-state index contributed by atoms with van der Waals surface area (Å²) < 4.78 is 26.6. The van der Waals surface area contributed by atoms with E-state index in [-0.39, 0.29) is 23.4 Å². The topological polar surface area (TPSA) is 69.6 Å². The number of ether oxygens (including phenoxy) is 2. The van der Waals surface area contributed by atoms with E-state index < -0.39 is 25.6 Å². The van der Waals surface area contributed by atoms with Crippen LogP contribution in [0.3, 0.4) is 0 Å². The lowest BCUT2D eigenvalue weighted by Gasteiger charge is -2.20. The van der Waals surface area contributed by atoms with Gasteiger partial charge in [-0.05, 0) is 50.4 Å². The average molecular weight is 409 g/mol. The molecule has 8 heteroatoms. The minimum atomic E-state index is -1.20. The van der Waals surface area contributed by atoms with Gasteiger partial charge in [0.15, 0.2) is 0 Å². The van der Waals surface area contributed by atoms with E-state index in [1.165, 1.54) is 10.6 Å². The van der Waals surface area contributed by atoms with Crippen LogP contribution in [0.25, 0.3) is 10.8 Å². The molecule has 0 aliphatic carbocycles. The van der Waals surface area contributed by atoms with E-state index in [9.17, 15) is 14.0 Å². The zero-order valence-electron chi connectivity index (χ0n) is 17.4. The van der Waals surface area contributed by atoms with Crippen molar-refractivity contribution in [1.29, 1.82) is 0 Å². The molecule has 28 heavy (non-hydrogen) atoms. The highest BCUT2D eigenvalue weighted by Gasteiger charge is 2.18. The zero-order chi connectivity index (χ0) is 21.1. The average Bonchev–Trinajstić information content (AvgIpc) is 2.52. The van der Waals surface area contributed by atoms with Gasteiger partial charge in [0.25, 0.3) is 5.56 Å². The van der Waals surface area contributed by atoms with Crippen molar-refractivity contribution >= 4 is 30.6 Å². The van der Waals surface area contributed by atoms with Crippen molar-refractivity contribution in [2.75, 3.05) is 11.9 Å². The maximum absolute atomic E-state index is 14.4. The highest BCUT2D eigenvalue weighted by Crippen LogP contribution is 2.22. The molecular weight excluding hydrogens is 379 g/mol. The number of rotatable bonds is 6. The lowest BCUT2D eigenvalue weighted by molar-refractivity contribution is 0.0635. The van der Waals surface area contributed by atoms with Crippen LogP contribution in [0.2, 0.25) is 25.7 Å². The van der Waals surface area contributed by atoms with E-state index in [0.717, 1.165) is 12.1 Å². The van der Waals surface area contributed by atoms with Crippen molar-refractivity contribution in [2.24, 2.45) is 0 Å². The molecule has 1 aromatic carbocycles. The summed E-state index contributed by atoms with van der Waals surface area (Å²) in [6.45, 7) is 12.6. The highest BCUT2D eigenvalue weighted by atomic mass is 28.3. The van der Waals surface area contributed by atoms with E-state index in [4.69, 9.17) is 9.47 Å². The second-order valence-electron chi connectivity index (χ2n) is 8.98. The van der Waals surface area contributed by atoms with E-state index in [1.54, 1.807) is 33.0 Å². The Morgan fingerprint density at radius 3 is 2.54 bits per heavy atom. The molecule has 2 aromatic rings. The number of hydrogen-bond donors (Lipinski definition) is 1. The van der Waals surface area contributed by atoms with Crippen LogP contribution in [0.4, 0.5) is 14.9 Å². The fourth-order valence-corrected chi connectivity index (χ4v) is 3.21. The van der Waals surface area contributed by atoms with Crippen LogP contribution >= 0.6 is 0 Å². The van der Waals surface area contributed by atoms with Crippen LogP contribution < -0.4 is 10.9 Å². The summed E-state index contributed by atoms with van der Waals surface area (Å²) in [5, 5.41) is 3.13. The molecule has 0 fully saturated rings. The van der Waals surface area contributed by atoms with Gasteiger partial charge in [-0.2, -0.15) is 0 Å². The standard InChI is InChI=1S/C20H29FN2O4Si/c1-20(2,3)27-19(25)22-17-11-14-7-8-23(13-26-9-10-28(4,5)6)18(24)15(14)12-16(17)21/h7-8,11-12H,9-10,13H2,1-6H3,(H,22,25). The Morgan fingerprint density at radius 1 is 1.25 bits per heavy atom. The summed E-state index contributed by atoms with van der Waals surface area (Å²) in [4.78, 5) is 24.5. The number of pyridine rings is 1. The molecule has 0 aliphatic rings. The molecule has 1 heterocycles. The normalized spacial score (nSPS) is 12.2. The first-order chi connectivity index (χ1) is 12.9. The smallest absolute Gasteiger partial charge is 0.412 e. The fourth-order valence-electron chi connectivity index (χ4n) is 2.46. The van der Waals surface area contributed by atoms with Crippen LogP contribution in [0.1, 0.15) is 20.8 Å². The van der Waals surface area contributed by atoms with E-state index in [0.29, 0.717) is 12.0 Å². The number of benzene rings is 1. The molecule has 1 amide bonds. The molecule has 6 nitrogen and oxygen atoms in total. The van der Waals surface area contributed by atoms with Gasteiger partial charge >= 0.3 is 6.09 Å². The minimum Gasteiger partial charge on any atom is -0.444 e. The summed E-state index contributed by atoms with van der Waals surface area (Å²) in [5.41, 5.74) is -1.07. The van der Waals surface area contributed by atoms with Gasteiger partial charge in [-0.3, -0.25) is 14.7 Å². The lowest BCUT2D eigenvalue weighted by Crippen LogP contribution is -2.27. The van der Waals surface area contributed by atoms with Crippen LogP contribution in [0.15, 0.2) is 29.2 Å². The van der Waals surface area contributed by atoms with Crippen molar-refractivity contribution in [3.8, 4) is 0 Å². The molecule has 0 saturated carbocycles. The number of carbonyl (C=O) groups is 1. The van der Waals surface area contributed by atoms with Crippen LogP contribution in [-0.2, 0) is 16.2 Å².